The average Bonchev–Trinajstić information content (AvgIpc) is 3.15. The van der Waals surface area contributed by atoms with Crippen LogP contribution < -0.4 is 15.0 Å². The summed E-state index contributed by atoms with van der Waals surface area (Å²) in [6.07, 6.45) is 0. The first-order chi connectivity index (χ1) is 13.6. The molecule has 142 valence electrons. The van der Waals surface area contributed by atoms with Crippen molar-refractivity contribution in [3.63, 3.8) is 0 Å². The maximum absolute atomic E-state index is 12.6. The number of fused-ring (bicyclic) bond motifs is 1. The largest absolute Gasteiger partial charge is 0.489 e. The van der Waals surface area contributed by atoms with Crippen LogP contribution >= 0.6 is 12.2 Å². The van der Waals surface area contributed by atoms with E-state index in [2.05, 4.69) is 20.7 Å². The number of ether oxygens (including phenoxy) is 1. The lowest BCUT2D eigenvalue weighted by Gasteiger charge is -2.23. The fourth-order valence-corrected chi connectivity index (χ4v) is 3.15. The normalized spacial score (nSPS) is 16.1. The molecule has 0 aliphatic carbocycles. The van der Waals surface area contributed by atoms with Crippen molar-refractivity contribution in [2.45, 2.75) is 12.6 Å². The first-order valence-corrected chi connectivity index (χ1v) is 9.14. The van der Waals surface area contributed by atoms with Gasteiger partial charge >= 0.3 is 0 Å². The fourth-order valence-electron chi connectivity index (χ4n) is 2.93. The third-order valence-electron chi connectivity index (χ3n) is 4.39. The van der Waals surface area contributed by atoms with E-state index < -0.39 is 11.9 Å². The molecule has 1 amide bonds. The number of thiocarbonyl (C=S) groups is 1. The Bertz CT molecular complexity index is 1010. The number of hydrogen-bond acceptors (Lipinski definition) is 6. The Morgan fingerprint density at radius 2 is 1.96 bits per heavy atom. The van der Waals surface area contributed by atoms with Gasteiger partial charge < -0.3 is 15.0 Å². The van der Waals surface area contributed by atoms with Gasteiger partial charge in [0.1, 0.15) is 23.4 Å². The van der Waals surface area contributed by atoms with E-state index in [9.17, 15) is 4.79 Å². The van der Waals surface area contributed by atoms with Crippen molar-refractivity contribution in [2.24, 2.45) is 0 Å². The number of amides is 1. The highest BCUT2D eigenvalue weighted by Gasteiger charge is 2.28. The molecule has 2 aromatic carbocycles. The van der Waals surface area contributed by atoms with Crippen molar-refractivity contribution in [1.29, 1.82) is 0 Å². The summed E-state index contributed by atoms with van der Waals surface area (Å²) in [6, 6.07) is 16.8. The molecule has 0 unspecified atom stereocenters. The lowest BCUT2D eigenvalue weighted by Crippen LogP contribution is -2.48. The number of nitrogens with zero attached hydrogens (tertiary/aromatic N) is 5. The minimum atomic E-state index is -0.485. The number of carbonyl (C=O) groups excluding carboxylic acids is 1. The Labute approximate surface area is 167 Å². The number of tetrazole rings is 1. The molecule has 1 aliphatic heterocycles. The van der Waals surface area contributed by atoms with E-state index in [1.54, 1.807) is 0 Å². The second kappa shape index (κ2) is 7.73. The summed E-state index contributed by atoms with van der Waals surface area (Å²) in [7, 11) is 1.85. The Hall–Kier alpha value is -3.33. The molecule has 2 heterocycles. The van der Waals surface area contributed by atoms with E-state index in [1.807, 2.05) is 66.5 Å². The maximum atomic E-state index is 12.6. The van der Waals surface area contributed by atoms with E-state index in [0.29, 0.717) is 11.5 Å². The van der Waals surface area contributed by atoms with Crippen molar-refractivity contribution in [2.75, 3.05) is 18.6 Å². The molecule has 0 bridgehead atoms. The van der Waals surface area contributed by atoms with Crippen LogP contribution in [-0.2, 0) is 6.54 Å². The highest BCUT2D eigenvalue weighted by Crippen LogP contribution is 2.30. The molecule has 8 nitrogen and oxygen atoms in total. The summed E-state index contributed by atoms with van der Waals surface area (Å²) in [5.41, 5.74) is 1.88. The van der Waals surface area contributed by atoms with Gasteiger partial charge in [0.15, 0.2) is 0 Å². The zero-order valence-electron chi connectivity index (χ0n) is 15.1. The van der Waals surface area contributed by atoms with E-state index >= 15 is 0 Å². The van der Waals surface area contributed by atoms with Crippen molar-refractivity contribution in [3.05, 3.63) is 66.0 Å². The third kappa shape index (κ3) is 3.70. The van der Waals surface area contributed by atoms with Crippen molar-refractivity contribution < 1.29 is 9.53 Å². The van der Waals surface area contributed by atoms with Crippen LogP contribution in [0.5, 0.6) is 5.75 Å². The van der Waals surface area contributed by atoms with Crippen LogP contribution in [0.3, 0.4) is 0 Å². The molecule has 28 heavy (non-hydrogen) atoms. The average molecular weight is 394 g/mol. The minimum absolute atomic E-state index is 0.0110. The fraction of sp³-hybridized carbons (Fsp3) is 0.211. The lowest BCUT2D eigenvalue weighted by molar-refractivity contribution is 0.0927. The van der Waals surface area contributed by atoms with E-state index in [-0.39, 0.29) is 12.4 Å². The van der Waals surface area contributed by atoms with Gasteiger partial charge in [-0.3, -0.25) is 4.79 Å². The van der Waals surface area contributed by atoms with Crippen LogP contribution in [0.25, 0.3) is 0 Å². The van der Waals surface area contributed by atoms with E-state index in [0.717, 1.165) is 17.0 Å². The predicted octanol–water partition coefficient (Wildman–Crippen LogP) is 1.68. The Kier molecular flexibility index (Phi) is 4.98. The summed E-state index contributed by atoms with van der Waals surface area (Å²) in [4.78, 5) is 16.4. The molecular weight excluding hydrogens is 376 g/mol. The second-order valence-corrected chi connectivity index (χ2v) is 6.75. The second-order valence-electron chi connectivity index (χ2n) is 6.33. The van der Waals surface area contributed by atoms with E-state index in [1.165, 1.54) is 4.80 Å². The van der Waals surface area contributed by atoms with Crippen LogP contribution in [0, 0.1) is 0 Å². The lowest BCUT2D eigenvalue weighted by atomic mass is 10.2. The van der Waals surface area contributed by atoms with E-state index in [4.69, 9.17) is 17.0 Å². The van der Waals surface area contributed by atoms with Gasteiger partial charge in [-0.05, 0) is 22.9 Å². The maximum Gasteiger partial charge on any atom is 0.293 e. The topological polar surface area (TPSA) is 85.2 Å². The summed E-state index contributed by atoms with van der Waals surface area (Å²) in [5.74, 6) is 0.258. The molecule has 4 rings (SSSR count). The van der Waals surface area contributed by atoms with Gasteiger partial charge in [0.05, 0.1) is 12.2 Å². The quantitative estimate of drug-likeness (QED) is 0.674. The van der Waals surface area contributed by atoms with Crippen molar-refractivity contribution in [3.8, 4) is 5.75 Å². The highest BCUT2D eigenvalue weighted by atomic mass is 32.1. The standard InChI is InChI=1S/C19H18N6O2S/c1-24-15-9-5-6-10-16(15)27-12-14(19(24)28)20-18(26)17-21-23-25(22-17)11-13-7-3-2-4-8-13/h2-10,14H,11-12H2,1H3,(H,20,26)/t14-/m0/s1. The smallest absolute Gasteiger partial charge is 0.293 e. The molecule has 0 radical (unpaired) electrons. The summed E-state index contributed by atoms with van der Waals surface area (Å²) in [5, 5.41) is 14.8. The van der Waals surface area contributed by atoms with Gasteiger partial charge in [0.25, 0.3) is 11.7 Å². The number of rotatable bonds is 4. The van der Waals surface area contributed by atoms with Crippen LogP contribution in [0.2, 0.25) is 0 Å². The number of para-hydroxylation sites is 2. The van der Waals surface area contributed by atoms with Gasteiger partial charge in [-0.25, -0.2) is 0 Å². The summed E-state index contributed by atoms with van der Waals surface area (Å²) in [6.45, 7) is 0.661. The number of hydrogen-bond donors (Lipinski definition) is 1. The zero-order valence-corrected chi connectivity index (χ0v) is 16.0. The van der Waals surface area contributed by atoms with Gasteiger partial charge in [-0.2, -0.15) is 4.80 Å². The predicted molar refractivity (Wildman–Crippen MR) is 108 cm³/mol. The Morgan fingerprint density at radius 3 is 2.79 bits per heavy atom. The number of nitrogens with one attached hydrogen (secondary N) is 1. The van der Waals surface area contributed by atoms with Crippen LogP contribution in [0.1, 0.15) is 16.2 Å². The molecular formula is C19H18N6O2S. The molecule has 0 saturated carbocycles. The highest BCUT2D eigenvalue weighted by molar-refractivity contribution is 7.80. The van der Waals surface area contributed by atoms with Crippen LogP contribution in [0.15, 0.2) is 54.6 Å². The molecule has 1 N–H and O–H groups in total. The molecule has 1 aliphatic rings. The van der Waals surface area contributed by atoms with Crippen LogP contribution in [0.4, 0.5) is 5.69 Å². The van der Waals surface area contributed by atoms with Crippen molar-refractivity contribution >= 4 is 28.8 Å². The van der Waals surface area contributed by atoms with Gasteiger partial charge in [0.2, 0.25) is 0 Å². The number of aromatic nitrogens is 4. The first-order valence-electron chi connectivity index (χ1n) is 8.74. The summed E-state index contributed by atoms with van der Waals surface area (Å²) >= 11 is 5.54. The molecule has 3 aromatic rings. The molecule has 0 spiro atoms. The monoisotopic (exact) mass is 394 g/mol. The summed E-state index contributed by atoms with van der Waals surface area (Å²) < 4.78 is 5.82. The molecule has 1 aromatic heterocycles. The molecule has 9 heteroatoms. The minimum Gasteiger partial charge on any atom is -0.489 e. The van der Waals surface area contributed by atoms with Gasteiger partial charge in [-0.15, -0.1) is 10.2 Å². The SMILES string of the molecule is CN1C(=S)[C@@H](NC(=O)c2nnn(Cc3ccccc3)n2)COc2ccccc21. The first kappa shape index (κ1) is 18.1. The van der Waals surface area contributed by atoms with Gasteiger partial charge in [-0.1, -0.05) is 54.7 Å². The Morgan fingerprint density at radius 1 is 1.21 bits per heavy atom. The molecule has 0 saturated heterocycles. The number of carbonyl (C=O) groups is 1. The zero-order chi connectivity index (χ0) is 19.5. The number of benzene rings is 2. The molecule has 1 atom stereocenters. The van der Waals surface area contributed by atoms with Crippen molar-refractivity contribution in [1.82, 2.24) is 25.5 Å². The van der Waals surface area contributed by atoms with Crippen LogP contribution in [-0.4, -0.2) is 50.8 Å². The molecule has 0 fully saturated rings. The third-order valence-corrected chi connectivity index (χ3v) is 4.95. The Balaban J connectivity index is 1.45. The number of anilines is 1. The van der Waals surface area contributed by atoms with Gasteiger partial charge in [0, 0.05) is 7.05 Å². The number of likely N-dealkylation sites (N-methyl/N-ethyl adjacent to an activating group) is 1.